The first-order valence-corrected chi connectivity index (χ1v) is 7.50. The SMILES string of the molecule is FC(F)(F)c1cccc(-c2ccc(C(=S)N3CCOCC3)o2)c1. The van der Waals surface area contributed by atoms with Gasteiger partial charge in [0, 0.05) is 18.7 Å². The molecule has 2 heterocycles. The van der Waals surface area contributed by atoms with Crippen LogP contribution in [0.15, 0.2) is 40.8 Å². The third-order valence-electron chi connectivity index (χ3n) is 3.59. The molecule has 0 spiro atoms. The van der Waals surface area contributed by atoms with Gasteiger partial charge in [-0.2, -0.15) is 13.2 Å². The summed E-state index contributed by atoms with van der Waals surface area (Å²) in [5, 5.41) is 0. The van der Waals surface area contributed by atoms with Gasteiger partial charge in [-0.3, -0.25) is 0 Å². The lowest BCUT2D eigenvalue weighted by atomic mass is 10.1. The number of rotatable bonds is 2. The summed E-state index contributed by atoms with van der Waals surface area (Å²) < 4.78 is 49.3. The summed E-state index contributed by atoms with van der Waals surface area (Å²) in [5.74, 6) is 0.844. The summed E-state index contributed by atoms with van der Waals surface area (Å²) in [5.41, 5.74) is -0.334. The molecule has 1 fully saturated rings. The highest BCUT2D eigenvalue weighted by Gasteiger charge is 2.30. The van der Waals surface area contributed by atoms with Gasteiger partial charge in [-0.15, -0.1) is 0 Å². The fourth-order valence-electron chi connectivity index (χ4n) is 2.38. The summed E-state index contributed by atoms with van der Waals surface area (Å²) in [6, 6.07) is 8.37. The molecule has 1 aliphatic heterocycles. The molecule has 3 nitrogen and oxygen atoms in total. The molecule has 23 heavy (non-hydrogen) atoms. The lowest BCUT2D eigenvalue weighted by Crippen LogP contribution is -2.40. The molecule has 3 rings (SSSR count). The molecule has 0 amide bonds. The molecule has 1 aromatic heterocycles. The van der Waals surface area contributed by atoms with Gasteiger partial charge in [-0.1, -0.05) is 24.4 Å². The van der Waals surface area contributed by atoms with E-state index in [2.05, 4.69) is 0 Å². The van der Waals surface area contributed by atoms with Gasteiger partial charge in [0.05, 0.1) is 18.8 Å². The van der Waals surface area contributed by atoms with Crippen molar-refractivity contribution in [1.29, 1.82) is 0 Å². The van der Waals surface area contributed by atoms with Crippen molar-refractivity contribution in [2.24, 2.45) is 0 Å². The first kappa shape index (κ1) is 16.0. The third-order valence-corrected chi connectivity index (χ3v) is 4.05. The number of benzene rings is 1. The number of furan rings is 1. The van der Waals surface area contributed by atoms with Gasteiger partial charge in [0.15, 0.2) is 5.76 Å². The maximum absolute atomic E-state index is 12.8. The minimum atomic E-state index is -4.38. The fraction of sp³-hybridized carbons (Fsp3) is 0.312. The Hall–Kier alpha value is -1.86. The van der Waals surface area contributed by atoms with E-state index in [0.29, 0.717) is 48.4 Å². The normalized spacial score (nSPS) is 15.7. The Kier molecular flexibility index (Phi) is 4.41. The van der Waals surface area contributed by atoms with Crippen LogP contribution in [0.2, 0.25) is 0 Å². The summed E-state index contributed by atoms with van der Waals surface area (Å²) in [7, 11) is 0. The number of morpholine rings is 1. The first-order valence-electron chi connectivity index (χ1n) is 7.09. The van der Waals surface area contributed by atoms with Crippen LogP contribution in [-0.2, 0) is 10.9 Å². The number of hydrogen-bond acceptors (Lipinski definition) is 3. The molecular weight excluding hydrogens is 327 g/mol. The van der Waals surface area contributed by atoms with E-state index < -0.39 is 11.7 Å². The van der Waals surface area contributed by atoms with Crippen molar-refractivity contribution < 1.29 is 22.3 Å². The largest absolute Gasteiger partial charge is 0.454 e. The second-order valence-corrected chi connectivity index (χ2v) is 5.53. The van der Waals surface area contributed by atoms with Crippen LogP contribution in [0.1, 0.15) is 11.3 Å². The molecule has 7 heteroatoms. The van der Waals surface area contributed by atoms with E-state index >= 15 is 0 Å². The van der Waals surface area contributed by atoms with Gasteiger partial charge < -0.3 is 14.1 Å². The van der Waals surface area contributed by atoms with E-state index in [4.69, 9.17) is 21.4 Å². The number of thiocarbonyl (C=S) groups is 1. The van der Waals surface area contributed by atoms with Crippen molar-refractivity contribution in [1.82, 2.24) is 4.90 Å². The molecule has 1 aromatic carbocycles. The van der Waals surface area contributed by atoms with Crippen LogP contribution in [0.5, 0.6) is 0 Å². The summed E-state index contributed by atoms with van der Waals surface area (Å²) in [6.07, 6.45) is -4.38. The zero-order valence-electron chi connectivity index (χ0n) is 12.1. The number of alkyl halides is 3. The topological polar surface area (TPSA) is 25.6 Å². The summed E-state index contributed by atoms with van der Waals surface area (Å²) >= 11 is 5.39. The van der Waals surface area contributed by atoms with E-state index in [1.807, 2.05) is 4.90 Å². The molecule has 0 saturated carbocycles. The van der Waals surface area contributed by atoms with Gasteiger partial charge in [0.25, 0.3) is 0 Å². The van der Waals surface area contributed by atoms with Crippen LogP contribution < -0.4 is 0 Å². The van der Waals surface area contributed by atoms with Crippen molar-refractivity contribution in [3.63, 3.8) is 0 Å². The first-order chi connectivity index (χ1) is 10.9. The van der Waals surface area contributed by atoms with E-state index in [9.17, 15) is 13.2 Å². The molecule has 0 radical (unpaired) electrons. The van der Waals surface area contributed by atoms with Gasteiger partial charge in [-0.25, -0.2) is 0 Å². The molecule has 0 aliphatic carbocycles. The van der Waals surface area contributed by atoms with E-state index in [-0.39, 0.29) is 0 Å². The minimum Gasteiger partial charge on any atom is -0.454 e. The lowest BCUT2D eigenvalue weighted by Gasteiger charge is -2.28. The fourth-order valence-corrected chi connectivity index (χ4v) is 2.67. The quantitative estimate of drug-likeness (QED) is 0.772. The van der Waals surface area contributed by atoms with Crippen LogP contribution in [0.3, 0.4) is 0 Å². The molecule has 122 valence electrons. The Morgan fingerprint density at radius 2 is 1.83 bits per heavy atom. The number of nitrogens with zero attached hydrogens (tertiary/aromatic N) is 1. The standard InChI is InChI=1S/C16H14F3NO2S/c17-16(18,19)12-3-1-2-11(10-12)13-4-5-14(22-13)15(23)20-6-8-21-9-7-20/h1-5,10H,6-9H2. The predicted molar refractivity (Wildman–Crippen MR) is 83.2 cm³/mol. The molecule has 1 saturated heterocycles. The van der Waals surface area contributed by atoms with Crippen LogP contribution in [-0.4, -0.2) is 36.2 Å². The zero-order valence-corrected chi connectivity index (χ0v) is 12.9. The Labute approximate surface area is 136 Å². The van der Waals surface area contributed by atoms with Gasteiger partial charge in [0.2, 0.25) is 0 Å². The van der Waals surface area contributed by atoms with Gasteiger partial charge in [0.1, 0.15) is 10.7 Å². The molecule has 0 N–H and O–H groups in total. The second-order valence-electron chi connectivity index (χ2n) is 5.15. The summed E-state index contributed by atoms with van der Waals surface area (Å²) in [6.45, 7) is 2.56. The molecule has 0 bridgehead atoms. The van der Waals surface area contributed by atoms with Gasteiger partial charge in [-0.05, 0) is 24.3 Å². The Balaban J connectivity index is 1.83. The molecule has 0 atom stereocenters. The minimum absolute atomic E-state index is 0.363. The molecular formula is C16H14F3NO2S. The predicted octanol–water partition coefficient (Wildman–Crippen LogP) is 3.97. The maximum Gasteiger partial charge on any atom is 0.416 e. The van der Waals surface area contributed by atoms with Crippen molar-refractivity contribution in [2.75, 3.05) is 26.3 Å². The van der Waals surface area contributed by atoms with E-state index in [1.165, 1.54) is 6.07 Å². The third kappa shape index (κ3) is 3.56. The number of hydrogen-bond donors (Lipinski definition) is 0. The average molecular weight is 341 g/mol. The van der Waals surface area contributed by atoms with Crippen molar-refractivity contribution in [3.05, 3.63) is 47.7 Å². The zero-order chi connectivity index (χ0) is 16.4. The highest BCUT2D eigenvalue weighted by atomic mass is 32.1. The highest BCUT2D eigenvalue weighted by molar-refractivity contribution is 7.80. The Bertz CT molecular complexity index is 705. The molecule has 0 unspecified atom stereocenters. The van der Waals surface area contributed by atoms with Crippen LogP contribution >= 0.6 is 12.2 Å². The lowest BCUT2D eigenvalue weighted by molar-refractivity contribution is -0.137. The van der Waals surface area contributed by atoms with Crippen molar-refractivity contribution >= 4 is 17.2 Å². The Morgan fingerprint density at radius 3 is 2.52 bits per heavy atom. The van der Waals surface area contributed by atoms with E-state index in [1.54, 1.807) is 18.2 Å². The molecule has 2 aromatic rings. The van der Waals surface area contributed by atoms with Gasteiger partial charge >= 0.3 is 6.18 Å². The van der Waals surface area contributed by atoms with E-state index in [0.717, 1.165) is 12.1 Å². The smallest absolute Gasteiger partial charge is 0.416 e. The summed E-state index contributed by atoms with van der Waals surface area (Å²) in [4.78, 5) is 2.51. The number of ether oxygens (including phenoxy) is 1. The molecule has 1 aliphatic rings. The Morgan fingerprint density at radius 1 is 1.09 bits per heavy atom. The van der Waals surface area contributed by atoms with Crippen molar-refractivity contribution in [3.8, 4) is 11.3 Å². The monoisotopic (exact) mass is 341 g/mol. The number of halogens is 3. The highest BCUT2D eigenvalue weighted by Crippen LogP contribution is 2.32. The average Bonchev–Trinajstić information content (AvgIpc) is 3.04. The van der Waals surface area contributed by atoms with Crippen molar-refractivity contribution in [2.45, 2.75) is 6.18 Å². The van der Waals surface area contributed by atoms with Crippen LogP contribution in [0.25, 0.3) is 11.3 Å². The second kappa shape index (κ2) is 6.33. The van der Waals surface area contributed by atoms with Crippen LogP contribution in [0.4, 0.5) is 13.2 Å². The maximum atomic E-state index is 12.8. The van der Waals surface area contributed by atoms with Crippen LogP contribution in [0, 0.1) is 0 Å².